The van der Waals surface area contributed by atoms with E-state index < -0.39 is 11.9 Å². The van der Waals surface area contributed by atoms with E-state index in [4.69, 9.17) is 5.73 Å². The quantitative estimate of drug-likeness (QED) is 0.877. The second-order valence-electron chi connectivity index (χ2n) is 3.86. The van der Waals surface area contributed by atoms with E-state index in [1.54, 1.807) is 12.1 Å². The average Bonchev–Trinajstić information content (AvgIpc) is 2.38. The van der Waals surface area contributed by atoms with Crippen molar-refractivity contribution in [3.8, 4) is 17.0 Å². The van der Waals surface area contributed by atoms with E-state index in [9.17, 15) is 18.3 Å². The summed E-state index contributed by atoms with van der Waals surface area (Å²) in [5.74, 6) is -0.0914. The van der Waals surface area contributed by atoms with Crippen LogP contribution in [0.3, 0.4) is 0 Å². The zero-order chi connectivity index (χ0) is 14.0. The number of halogens is 3. The Morgan fingerprint density at radius 3 is 2.37 bits per heavy atom. The van der Waals surface area contributed by atoms with Crippen LogP contribution < -0.4 is 5.73 Å². The normalized spacial score (nSPS) is 11.6. The van der Waals surface area contributed by atoms with Crippen molar-refractivity contribution in [2.45, 2.75) is 12.7 Å². The molecule has 100 valence electrons. The molecule has 0 aliphatic heterocycles. The lowest BCUT2D eigenvalue weighted by molar-refractivity contribution is -0.141. The highest BCUT2D eigenvalue weighted by Gasteiger charge is 2.32. The molecule has 0 fully saturated rings. The molecule has 0 spiro atoms. The summed E-state index contributed by atoms with van der Waals surface area (Å²) in [7, 11) is 0. The number of hydrogen-bond donors (Lipinski definition) is 2. The Morgan fingerprint density at radius 2 is 1.84 bits per heavy atom. The fourth-order valence-corrected chi connectivity index (χ4v) is 1.54. The van der Waals surface area contributed by atoms with Crippen LogP contribution in [0.4, 0.5) is 13.2 Å². The highest BCUT2D eigenvalue weighted by molar-refractivity contribution is 5.67. The largest absolute Gasteiger partial charge is 0.507 e. The molecule has 19 heavy (non-hydrogen) atoms. The van der Waals surface area contributed by atoms with E-state index in [2.05, 4.69) is 10.2 Å². The first-order valence-corrected chi connectivity index (χ1v) is 5.35. The van der Waals surface area contributed by atoms with E-state index in [1.165, 1.54) is 6.07 Å². The number of benzene rings is 1. The van der Waals surface area contributed by atoms with Crippen LogP contribution in [0.25, 0.3) is 11.3 Å². The predicted molar refractivity (Wildman–Crippen MR) is 62.0 cm³/mol. The van der Waals surface area contributed by atoms with Gasteiger partial charge in [-0.2, -0.15) is 13.2 Å². The van der Waals surface area contributed by atoms with Gasteiger partial charge in [-0.25, -0.2) is 0 Å². The summed E-state index contributed by atoms with van der Waals surface area (Å²) in [4.78, 5) is 0. The molecule has 1 heterocycles. The first kappa shape index (κ1) is 13.3. The van der Waals surface area contributed by atoms with Gasteiger partial charge in [0.15, 0.2) is 5.69 Å². The number of phenolic OH excluding ortho intramolecular Hbond substituents is 1. The summed E-state index contributed by atoms with van der Waals surface area (Å²) in [5.41, 5.74) is 5.56. The lowest BCUT2D eigenvalue weighted by atomic mass is 10.1. The second kappa shape index (κ2) is 4.85. The fourth-order valence-electron chi connectivity index (χ4n) is 1.54. The van der Waals surface area contributed by atoms with Crippen LogP contribution in [0.15, 0.2) is 30.3 Å². The Labute approximate surface area is 106 Å². The molecule has 0 saturated heterocycles. The van der Waals surface area contributed by atoms with Gasteiger partial charge in [0.1, 0.15) is 5.75 Å². The van der Waals surface area contributed by atoms with E-state index in [1.807, 2.05) is 0 Å². The van der Waals surface area contributed by atoms with Crippen molar-refractivity contribution < 1.29 is 18.3 Å². The van der Waals surface area contributed by atoms with Gasteiger partial charge in [0.2, 0.25) is 0 Å². The molecule has 0 amide bonds. The van der Waals surface area contributed by atoms with E-state index in [0.717, 1.165) is 17.7 Å². The van der Waals surface area contributed by atoms with Gasteiger partial charge in [0, 0.05) is 12.1 Å². The summed E-state index contributed by atoms with van der Waals surface area (Å²) in [6.45, 7) is 0.251. The Morgan fingerprint density at radius 1 is 1.11 bits per heavy atom. The molecule has 0 aliphatic carbocycles. The van der Waals surface area contributed by atoms with Gasteiger partial charge in [-0.15, -0.1) is 10.2 Å². The summed E-state index contributed by atoms with van der Waals surface area (Å²) in [6, 6.07) is 6.57. The number of phenols is 1. The van der Waals surface area contributed by atoms with E-state index in [0.29, 0.717) is 5.56 Å². The smallest absolute Gasteiger partial charge is 0.435 e. The molecule has 0 aliphatic rings. The molecular weight excluding hydrogens is 259 g/mol. The molecule has 2 rings (SSSR count). The fraction of sp³-hybridized carbons (Fsp3) is 0.167. The van der Waals surface area contributed by atoms with Crippen LogP contribution in [-0.2, 0) is 12.7 Å². The average molecular weight is 269 g/mol. The van der Waals surface area contributed by atoms with Crippen LogP contribution in [0, 0.1) is 0 Å². The maximum Gasteiger partial charge on any atom is 0.435 e. The van der Waals surface area contributed by atoms with Crippen molar-refractivity contribution in [3.05, 3.63) is 41.6 Å². The highest BCUT2D eigenvalue weighted by Crippen LogP contribution is 2.31. The van der Waals surface area contributed by atoms with Crippen molar-refractivity contribution in [3.63, 3.8) is 0 Å². The molecule has 4 nitrogen and oxygen atoms in total. The van der Waals surface area contributed by atoms with Gasteiger partial charge in [0.05, 0.1) is 5.69 Å². The Kier molecular flexibility index (Phi) is 3.39. The van der Waals surface area contributed by atoms with Gasteiger partial charge in [-0.1, -0.05) is 6.07 Å². The van der Waals surface area contributed by atoms with Crippen LogP contribution in [-0.4, -0.2) is 15.3 Å². The number of aromatic hydroxyl groups is 1. The van der Waals surface area contributed by atoms with Gasteiger partial charge in [-0.05, 0) is 29.8 Å². The van der Waals surface area contributed by atoms with Crippen LogP contribution in [0.5, 0.6) is 5.75 Å². The van der Waals surface area contributed by atoms with Crippen molar-refractivity contribution in [1.82, 2.24) is 10.2 Å². The zero-order valence-corrected chi connectivity index (χ0v) is 9.65. The number of alkyl halides is 3. The van der Waals surface area contributed by atoms with Gasteiger partial charge >= 0.3 is 6.18 Å². The van der Waals surface area contributed by atoms with Crippen molar-refractivity contribution >= 4 is 0 Å². The third-order valence-electron chi connectivity index (χ3n) is 2.53. The maximum atomic E-state index is 12.4. The van der Waals surface area contributed by atoms with Crippen LogP contribution >= 0.6 is 0 Å². The molecule has 3 N–H and O–H groups in total. The number of rotatable bonds is 2. The Bertz CT molecular complexity index is 582. The molecular formula is C12H10F3N3O. The number of nitrogens with zero attached hydrogens (tertiary/aromatic N) is 2. The standard InChI is InChI=1S/C12H10F3N3O/c13-12(14,15)11-4-2-9(17-18-11)8-5-7(6-16)1-3-10(8)19/h1-5,19H,6,16H2. The zero-order valence-electron chi connectivity index (χ0n) is 9.65. The van der Waals surface area contributed by atoms with Crippen LogP contribution in [0.1, 0.15) is 11.3 Å². The number of aromatic nitrogens is 2. The second-order valence-corrected chi connectivity index (χ2v) is 3.86. The summed E-state index contributed by atoms with van der Waals surface area (Å²) in [5, 5.41) is 16.3. The number of nitrogens with two attached hydrogens (primary N) is 1. The minimum absolute atomic E-state index is 0.0914. The Balaban J connectivity index is 2.42. The lowest BCUT2D eigenvalue weighted by Crippen LogP contribution is -2.09. The third kappa shape index (κ3) is 2.82. The molecule has 1 aromatic carbocycles. The van der Waals surface area contributed by atoms with Gasteiger partial charge in [-0.3, -0.25) is 0 Å². The molecule has 1 aromatic heterocycles. The summed E-state index contributed by atoms with van der Waals surface area (Å²) < 4.78 is 37.1. The molecule has 0 radical (unpaired) electrons. The van der Waals surface area contributed by atoms with Crippen molar-refractivity contribution in [2.75, 3.05) is 0 Å². The van der Waals surface area contributed by atoms with Gasteiger partial charge < -0.3 is 10.8 Å². The minimum atomic E-state index is -4.54. The molecule has 0 unspecified atom stereocenters. The molecule has 0 saturated carbocycles. The minimum Gasteiger partial charge on any atom is -0.507 e. The number of hydrogen-bond acceptors (Lipinski definition) is 4. The monoisotopic (exact) mass is 269 g/mol. The topological polar surface area (TPSA) is 72.0 Å². The molecule has 0 atom stereocenters. The summed E-state index contributed by atoms with van der Waals surface area (Å²) in [6.07, 6.45) is -4.54. The first-order valence-electron chi connectivity index (χ1n) is 5.35. The SMILES string of the molecule is NCc1ccc(O)c(-c2ccc(C(F)(F)F)nn2)c1. The van der Waals surface area contributed by atoms with Crippen molar-refractivity contribution in [2.24, 2.45) is 5.73 Å². The lowest BCUT2D eigenvalue weighted by Gasteiger charge is -2.08. The Hall–Kier alpha value is -2.15. The van der Waals surface area contributed by atoms with E-state index in [-0.39, 0.29) is 18.0 Å². The predicted octanol–water partition coefficient (Wildman–Crippen LogP) is 2.33. The van der Waals surface area contributed by atoms with Crippen LogP contribution in [0.2, 0.25) is 0 Å². The van der Waals surface area contributed by atoms with Gasteiger partial charge in [0.25, 0.3) is 0 Å². The summed E-state index contributed by atoms with van der Waals surface area (Å²) >= 11 is 0. The maximum absolute atomic E-state index is 12.4. The highest BCUT2D eigenvalue weighted by atomic mass is 19.4. The molecule has 2 aromatic rings. The molecule has 7 heteroatoms. The first-order chi connectivity index (χ1) is 8.91. The third-order valence-corrected chi connectivity index (χ3v) is 2.53. The van der Waals surface area contributed by atoms with Crippen molar-refractivity contribution in [1.29, 1.82) is 0 Å². The van der Waals surface area contributed by atoms with E-state index >= 15 is 0 Å². The molecule has 0 bridgehead atoms.